The molecule has 6 atom stereocenters. The van der Waals surface area contributed by atoms with Gasteiger partial charge < -0.3 is 36.3 Å². The molecule has 0 amide bonds. The Morgan fingerprint density at radius 2 is 2.14 bits per heavy atom. The van der Waals surface area contributed by atoms with Gasteiger partial charge in [0.1, 0.15) is 24.3 Å². The smallest absolute Gasteiger partial charge is 0.390 e. The summed E-state index contributed by atoms with van der Waals surface area (Å²) in [4.78, 5) is 18.4. The molecule has 0 bridgehead atoms. The molecule has 162 valence electrons. The first-order chi connectivity index (χ1) is 13.8. The third-order valence-electron chi connectivity index (χ3n) is 4.98. The lowest BCUT2D eigenvalue weighted by Crippen LogP contribution is -2.33. The molecule has 7 N–H and O–H groups in total. The van der Waals surface area contributed by atoms with E-state index >= 15 is 0 Å². The summed E-state index contributed by atoms with van der Waals surface area (Å²) in [6.07, 6.45) is 0.207. The van der Waals surface area contributed by atoms with Crippen LogP contribution in [0, 0.1) is 0 Å². The minimum Gasteiger partial charge on any atom is -0.390 e. The number of aliphatic imine (C=N–C) groups is 1. The summed E-state index contributed by atoms with van der Waals surface area (Å²) in [6, 6.07) is 0. The Morgan fingerprint density at radius 1 is 1.34 bits per heavy atom. The second-order valence-electron chi connectivity index (χ2n) is 7.14. The molecule has 14 heteroatoms. The van der Waals surface area contributed by atoms with Gasteiger partial charge in [-0.05, 0) is 12.8 Å². The number of fused-ring (bicyclic) bond motifs is 1. The number of phosphoric ester groups is 1. The van der Waals surface area contributed by atoms with Crippen LogP contribution in [0.25, 0.3) is 0 Å². The molecule has 2 saturated heterocycles. The maximum Gasteiger partial charge on any atom is 0.472 e. The molecule has 4 rings (SSSR count). The van der Waals surface area contributed by atoms with Gasteiger partial charge in [-0.1, -0.05) is 0 Å². The molecule has 0 spiro atoms. The van der Waals surface area contributed by atoms with Crippen molar-refractivity contribution in [1.82, 2.24) is 14.9 Å². The third-order valence-corrected chi connectivity index (χ3v) is 5.93. The van der Waals surface area contributed by atoms with Crippen LogP contribution in [0.5, 0.6) is 0 Å². The van der Waals surface area contributed by atoms with E-state index in [1.165, 1.54) is 0 Å². The molecule has 0 saturated carbocycles. The number of aromatic nitrogens is 2. The lowest BCUT2D eigenvalue weighted by atomic mass is 10.2. The van der Waals surface area contributed by atoms with E-state index in [0.29, 0.717) is 31.2 Å². The van der Waals surface area contributed by atoms with Crippen LogP contribution in [0.2, 0.25) is 0 Å². The number of phosphoric acid groups is 1. The number of nitrogens with one attached hydrogen (secondary N) is 1. The van der Waals surface area contributed by atoms with E-state index in [2.05, 4.69) is 15.3 Å². The van der Waals surface area contributed by atoms with Gasteiger partial charge in [0, 0.05) is 6.42 Å². The van der Waals surface area contributed by atoms with Crippen LogP contribution in [-0.2, 0) is 29.6 Å². The molecule has 0 aromatic carbocycles. The Balaban J connectivity index is 1.26. The Morgan fingerprint density at radius 3 is 2.90 bits per heavy atom. The number of rotatable bonds is 7. The first kappa shape index (κ1) is 20.7. The van der Waals surface area contributed by atoms with Crippen molar-refractivity contribution in [3.63, 3.8) is 0 Å². The average molecular weight is 432 g/mol. The van der Waals surface area contributed by atoms with Crippen molar-refractivity contribution in [1.29, 1.82) is 0 Å². The van der Waals surface area contributed by atoms with Crippen molar-refractivity contribution in [2.24, 2.45) is 16.5 Å². The fourth-order valence-electron chi connectivity index (χ4n) is 3.49. The molecular formula is C15H25N6O7P. The number of hydrogen-bond donors (Lipinski definition) is 5. The summed E-state index contributed by atoms with van der Waals surface area (Å²) in [6.45, 7) is 0.0689. The largest absolute Gasteiger partial charge is 0.472 e. The molecule has 1 aromatic heterocycles. The Bertz CT molecular complexity index is 819. The van der Waals surface area contributed by atoms with Gasteiger partial charge in [0.15, 0.2) is 11.8 Å². The molecule has 3 aliphatic heterocycles. The van der Waals surface area contributed by atoms with Crippen LogP contribution in [-0.4, -0.2) is 63.3 Å². The van der Waals surface area contributed by atoms with Gasteiger partial charge in [-0.15, -0.1) is 0 Å². The van der Waals surface area contributed by atoms with Crippen molar-refractivity contribution in [3.05, 3.63) is 12.0 Å². The summed E-state index contributed by atoms with van der Waals surface area (Å²) in [7, 11) is -4.33. The first-order valence-electron chi connectivity index (χ1n) is 9.31. The predicted molar refractivity (Wildman–Crippen MR) is 98.7 cm³/mol. The van der Waals surface area contributed by atoms with E-state index < -0.39 is 32.4 Å². The quantitative estimate of drug-likeness (QED) is 0.338. The van der Waals surface area contributed by atoms with Gasteiger partial charge in [0.25, 0.3) is 0 Å². The monoisotopic (exact) mass is 432 g/mol. The highest BCUT2D eigenvalue weighted by atomic mass is 31.2. The van der Waals surface area contributed by atoms with Crippen LogP contribution in [0.4, 0.5) is 5.82 Å². The standard InChI is InChI=1S/C15H25N6O7P/c16-12-3-10(22)11(28-12)6-26-29(23,24)25-5-8-1-2-13(27-8)21-7-19-9-4-18-15(17)20-14(9)21/h7-8,10-13,22H,1-6,16H2,(H,23,24)(H3,17,18,20)/t8-,10+,11+,12+,13+/m0/s1. The van der Waals surface area contributed by atoms with E-state index in [9.17, 15) is 14.6 Å². The summed E-state index contributed by atoms with van der Waals surface area (Å²) in [5.41, 5.74) is 12.0. The maximum absolute atomic E-state index is 12.1. The van der Waals surface area contributed by atoms with Crippen molar-refractivity contribution >= 4 is 19.6 Å². The van der Waals surface area contributed by atoms with Gasteiger partial charge in [-0.3, -0.25) is 13.6 Å². The summed E-state index contributed by atoms with van der Waals surface area (Å²) >= 11 is 0. The van der Waals surface area contributed by atoms with E-state index in [4.69, 9.17) is 30.0 Å². The van der Waals surface area contributed by atoms with Crippen molar-refractivity contribution in [3.8, 4) is 0 Å². The second-order valence-corrected chi connectivity index (χ2v) is 8.59. The Labute approximate surface area is 166 Å². The topological polar surface area (TPSA) is 189 Å². The number of hydrogen-bond acceptors (Lipinski definition) is 11. The van der Waals surface area contributed by atoms with Crippen LogP contribution in [0.3, 0.4) is 0 Å². The van der Waals surface area contributed by atoms with Gasteiger partial charge in [0.2, 0.25) is 0 Å². The zero-order valence-electron chi connectivity index (χ0n) is 15.6. The number of ether oxygens (including phenoxy) is 2. The molecule has 3 aliphatic rings. The Hall–Kier alpha value is -1.57. The van der Waals surface area contributed by atoms with Gasteiger partial charge in [-0.25, -0.2) is 9.55 Å². The molecule has 2 fully saturated rings. The summed E-state index contributed by atoms with van der Waals surface area (Å²) in [5, 5.41) is 12.6. The molecule has 4 heterocycles. The van der Waals surface area contributed by atoms with Crippen molar-refractivity contribution in [2.75, 3.05) is 13.2 Å². The molecule has 1 aromatic rings. The molecule has 1 unspecified atom stereocenters. The minimum absolute atomic E-state index is 0.123. The van der Waals surface area contributed by atoms with Gasteiger partial charge in [0.05, 0.1) is 38.3 Å². The molecule has 29 heavy (non-hydrogen) atoms. The average Bonchev–Trinajstić information content (AvgIpc) is 3.36. The van der Waals surface area contributed by atoms with Crippen LogP contribution in [0.15, 0.2) is 11.3 Å². The predicted octanol–water partition coefficient (Wildman–Crippen LogP) is -0.822. The number of aliphatic hydroxyl groups excluding tert-OH is 1. The zero-order chi connectivity index (χ0) is 20.6. The van der Waals surface area contributed by atoms with Crippen molar-refractivity contribution in [2.45, 2.75) is 56.6 Å². The van der Waals surface area contributed by atoms with E-state index in [0.717, 1.165) is 5.69 Å². The van der Waals surface area contributed by atoms with Gasteiger partial charge >= 0.3 is 7.82 Å². The third kappa shape index (κ3) is 4.78. The number of nitrogens with zero attached hydrogens (tertiary/aromatic N) is 3. The molecular weight excluding hydrogens is 407 g/mol. The SMILES string of the molecule is NC1=Nc2c(ncn2[C@H]2CC[C@@H](COP(=O)(O)OC[C@H]3O[C@@H](N)C[C@H]3O)O2)CN1. The summed E-state index contributed by atoms with van der Waals surface area (Å²) in [5.74, 6) is 0.949. The first-order valence-corrected chi connectivity index (χ1v) is 10.8. The highest BCUT2D eigenvalue weighted by Crippen LogP contribution is 2.45. The van der Waals surface area contributed by atoms with Gasteiger partial charge in [-0.2, -0.15) is 4.99 Å². The molecule has 0 radical (unpaired) electrons. The highest BCUT2D eigenvalue weighted by molar-refractivity contribution is 7.47. The zero-order valence-corrected chi connectivity index (χ0v) is 16.5. The molecule has 0 aliphatic carbocycles. The number of aliphatic hydroxyl groups is 1. The lowest BCUT2D eigenvalue weighted by molar-refractivity contribution is -0.0356. The second kappa shape index (κ2) is 8.28. The van der Waals surface area contributed by atoms with Crippen LogP contribution >= 0.6 is 7.82 Å². The minimum atomic E-state index is -4.33. The molecule has 13 nitrogen and oxygen atoms in total. The number of nitrogens with two attached hydrogens (primary N) is 2. The maximum atomic E-state index is 12.1. The number of guanidine groups is 1. The van der Waals surface area contributed by atoms with Crippen molar-refractivity contribution < 1.29 is 33.1 Å². The normalized spacial score (nSPS) is 33.8. The van der Waals surface area contributed by atoms with E-state index in [1.807, 2.05) is 0 Å². The van der Waals surface area contributed by atoms with E-state index in [-0.39, 0.29) is 25.9 Å². The fourth-order valence-corrected chi connectivity index (χ4v) is 4.25. The van der Waals surface area contributed by atoms with Crippen LogP contribution < -0.4 is 16.8 Å². The van der Waals surface area contributed by atoms with E-state index in [1.54, 1.807) is 10.9 Å². The Kier molecular flexibility index (Phi) is 5.91. The fraction of sp³-hybridized carbons (Fsp3) is 0.733. The number of imidazole rings is 1. The highest BCUT2D eigenvalue weighted by Gasteiger charge is 2.36. The lowest BCUT2D eigenvalue weighted by Gasteiger charge is -2.20. The van der Waals surface area contributed by atoms with Crippen LogP contribution in [0.1, 0.15) is 31.2 Å². The summed E-state index contributed by atoms with van der Waals surface area (Å²) < 4.78 is 35.0.